The maximum Gasteiger partial charge on any atom is 0.118 e. The van der Waals surface area contributed by atoms with Crippen molar-refractivity contribution >= 4 is 0 Å². The highest BCUT2D eigenvalue weighted by molar-refractivity contribution is 5.27. The summed E-state index contributed by atoms with van der Waals surface area (Å²) in [7, 11) is 1.70. The van der Waals surface area contributed by atoms with Gasteiger partial charge in [0.2, 0.25) is 0 Å². The molecule has 0 unspecified atom stereocenters. The van der Waals surface area contributed by atoms with E-state index in [0.29, 0.717) is 12.1 Å². The molecule has 1 saturated carbocycles. The summed E-state index contributed by atoms with van der Waals surface area (Å²) in [5.74, 6) is 1.74. The van der Waals surface area contributed by atoms with Gasteiger partial charge in [0.25, 0.3) is 0 Å². The summed E-state index contributed by atoms with van der Waals surface area (Å²) in [6, 6.07) is 8.79. The molecule has 0 amide bonds. The van der Waals surface area contributed by atoms with Gasteiger partial charge in [0.15, 0.2) is 0 Å². The molecule has 1 aromatic carbocycles. The first-order chi connectivity index (χ1) is 11.2. The molecule has 4 nitrogen and oxygen atoms in total. The first-order valence-corrected chi connectivity index (χ1v) is 8.95. The van der Waals surface area contributed by atoms with E-state index in [2.05, 4.69) is 17.0 Å². The molecule has 128 valence electrons. The average Bonchev–Trinajstić information content (AvgIpc) is 2.58. The van der Waals surface area contributed by atoms with Gasteiger partial charge in [0.05, 0.1) is 19.8 Å². The van der Waals surface area contributed by atoms with Crippen molar-refractivity contribution < 1.29 is 9.47 Å². The Morgan fingerprint density at radius 3 is 2.61 bits per heavy atom. The third kappa shape index (κ3) is 4.93. The Labute approximate surface area is 139 Å². The van der Waals surface area contributed by atoms with Crippen molar-refractivity contribution in [3.63, 3.8) is 0 Å². The molecule has 1 atom stereocenters. The van der Waals surface area contributed by atoms with Gasteiger partial charge in [-0.1, -0.05) is 12.1 Å². The second-order valence-corrected chi connectivity index (χ2v) is 7.09. The van der Waals surface area contributed by atoms with E-state index >= 15 is 0 Å². The van der Waals surface area contributed by atoms with E-state index in [0.717, 1.165) is 37.8 Å². The van der Waals surface area contributed by atoms with Crippen LogP contribution in [-0.4, -0.2) is 50.4 Å². The minimum absolute atomic E-state index is 0.308. The lowest BCUT2D eigenvalue weighted by atomic mass is 9.86. The number of hydrogen-bond acceptors (Lipinski definition) is 4. The van der Waals surface area contributed by atoms with Crippen molar-refractivity contribution in [2.24, 2.45) is 11.7 Å². The van der Waals surface area contributed by atoms with Crippen LogP contribution in [0.4, 0.5) is 0 Å². The fraction of sp³-hybridized carbons (Fsp3) is 0.684. The Balaban J connectivity index is 1.47. The van der Waals surface area contributed by atoms with Crippen LogP contribution >= 0.6 is 0 Å². The molecule has 0 spiro atoms. The number of methoxy groups -OCH3 is 1. The number of rotatable bonds is 5. The zero-order valence-electron chi connectivity index (χ0n) is 14.2. The molecule has 4 heteroatoms. The van der Waals surface area contributed by atoms with Crippen LogP contribution < -0.4 is 10.5 Å². The normalized spacial score (nSPS) is 29.4. The van der Waals surface area contributed by atoms with Gasteiger partial charge < -0.3 is 15.2 Å². The fourth-order valence-electron chi connectivity index (χ4n) is 3.83. The predicted octanol–water partition coefficient (Wildman–Crippen LogP) is 2.46. The van der Waals surface area contributed by atoms with Gasteiger partial charge in [-0.3, -0.25) is 4.90 Å². The van der Waals surface area contributed by atoms with Crippen LogP contribution in [0.25, 0.3) is 0 Å². The summed E-state index contributed by atoms with van der Waals surface area (Å²) in [6.45, 7) is 4.19. The monoisotopic (exact) mass is 318 g/mol. The van der Waals surface area contributed by atoms with Crippen LogP contribution in [0.3, 0.4) is 0 Å². The number of morpholine rings is 1. The van der Waals surface area contributed by atoms with Crippen molar-refractivity contribution in [3.05, 3.63) is 29.8 Å². The molecule has 1 saturated heterocycles. The maximum atomic E-state index is 6.02. The first kappa shape index (κ1) is 16.7. The van der Waals surface area contributed by atoms with Crippen LogP contribution in [0.1, 0.15) is 31.2 Å². The van der Waals surface area contributed by atoms with E-state index in [1.54, 1.807) is 7.11 Å². The molecule has 1 heterocycles. The second-order valence-electron chi connectivity index (χ2n) is 7.09. The van der Waals surface area contributed by atoms with E-state index in [-0.39, 0.29) is 0 Å². The Bertz CT molecular complexity index is 469. The van der Waals surface area contributed by atoms with E-state index < -0.39 is 0 Å². The topological polar surface area (TPSA) is 47.7 Å². The first-order valence-electron chi connectivity index (χ1n) is 8.95. The number of nitrogens with two attached hydrogens (primary N) is 1. The Morgan fingerprint density at radius 2 is 1.91 bits per heavy atom. The largest absolute Gasteiger partial charge is 0.497 e. The van der Waals surface area contributed by atoms with Crippen molar-refractivity contribution in [1.29, 1.82) is 0 Å². The lowest BCUT2D eigenvalue weighted by Gasteiger charge is -2.37. The Kier molecular flexibility index (Phi) is 5.92. The molecule has 3 rings (SSSR count). The Hall–Kier alpha value is -1.10. The molecule has 1 aromatic rings. The second kappa shape index (κ2) is 8.13. The number of hydrogen-bond donors (Lipinski definition) is 1. The zero-order valence-corrected chi connectivity index (χ0v) is 14.2. The van der Waals surface area contributed by atoms with Gasteiger partial charge in [0.1, 0.15) is 5.75 Å². The van der Waals surface area contributed by atoms with Crippen molar-refractivity contribution in [2.45, 2.75) is 44.2 Å². The third-order valence-electron chi connectivity index (χ3n) is 5.25. The third-order valence-corrected chi connectivity index (χ3v) is 5.25. The predicted molar refractivity (Wildman–Crippen MR) is 92.8 cm³/mol. The average molecular weight is 318 g/mol. The van der Waals surface area contributed by atoms with Crippen LogP contribution in [0.5, 0.6) is 5.75 Å². The number of benzene rings is 1. The van der Waals surface area contributed by atoms with Crippen LogP contribution in [0.15, 0.2) is 24.3 Å². The molecule has 0 radical (unpaired) electrons. The fourth-order valence-corrected chi connectivity index (χ4v) is 3.83. The van der Waals surface area contributed by atoms with Gasteiger partial charge in [-0.2, -0.15) is 0 Å². The SMILES string of the molecule is COc1ccc(C[C@@H]2CN(CC3CCC(N)CC3)CCO2)cc1. The molecular formula is C19H30N2O2. The van der Waals surface area contributed by atoms with Gasteiger partial charge in [-0.15, -0.1) is 0 Å². The molecular weight excluding hydrogens is 288 g/mol. The molecule has 2 aliphatic rings. The maximum absolute atomic E-state index is 6.02. The smallest absolute Gasteiger partial charge is 0.118 e. The summed E-state index contributed by atoms with van der Waals surface area (Å²) in [5.41, 5.74) is 7.34. The van der Waals surface area contributed by atoms with Gasteiger partial charge in [-0.25, -0.2) is 0 Å². The van der Waals surface area contributed by atoms with E-state index in [1.807, 2.05) is 12.1 Å². The van der Waals surface area contributed by atoms with E-state index in [1.165, 1.54) is 37.8 Å². The molecule has 2 fully saturated rings. The minimum Gasteiger partial charge on any atom is -0.497 e. The highest BCUT2D eigenvalue weighted by Crippen LogP contribution is 2.25. The summed E-state index contributed by atoms with van der Waals surface area (Å²) in [6.07, 6.45) is 6.27. The highest BCUT2D eigenvalue weighted by Gasteiger charge is 2.25. The number of nitrogens with zero attached hydrogens (tertiary/aromatic N) is 1. The number of ether oxygens (including phenoxy) is 2. The molecule has 1 aliphatic heterocycles. The van der Waals surface area contributed by atoms with Crippen molar-refractivity contribution in [2.75, 3.05) is 33.4 Å². The molecule has 0 bridgehead atoms. The van der Waals surface area contributed by atoms with E-state index in [4.69, 9.17) is 15.2 Å². The van der Waals surface area contributed by atoms with E-state index in [9.17, 15) is 0 Å². The van der Waals surface area contributed by atoms with Gasteiger partial charge in [0, 0.05) is 25.7 Å². The minimum atomic E-state index is 0.308. The molecule has 0 aromatic heterocycles. The molecule has 1 aliphatic carbocycles. The molecule has 2 N–H and O–H groups in total. The van der Waals surface area contributed by atoms with Crippen LogP contribution in [0, 0.1) is 5.92 Å². The van der Waals surface area contributed by atoms with Crippen LogP contribution in [0.2, 0.25) is 0 Å². The summed E-state index contributed by atoms with van der Waals surface area (Å²) < 4.78 is 11.2. The molecule has 23 heavy (non-hydrogen) atoms. The summed E-state index contributed by atoms with van der Waals surface area (Å²) in [4.78, 5) is 2.60. The van der Waals surface area contributed by atoms with Gasteiger partial charge in [-0.05, 0) is 55.7 Å². The lowest BCUT2D eigenvalue weighted by Crippen LogP contribution is -2.46. The lowest BCUT2D eigenvalue weighted by molar-refractivity contribution is -0.0337. The summed E-state index contributed by atoms with van der Waals surface area (Å²) in [5, 5.41) is 0. The summed E-state index contributed by atoms with van der Waals surface area (Å²) >= 11 is 0. The quantitative estimate of drug-likeness (QED) is 0.906. The highest BCUT2D eigenvalue weighted by atomic mass is 16.5. The van der Waals surface area contributed by atoms with Crippen LogP contribution in [-0.2, 0) is 11.2 Å². The van der Waals surface area contributed by atoms with Gasteiger partial charge >= 0.3 is 0 Å². The zero-order chi connectivity index (χ0) is 16.1. The standard InChI is InChI=1S/C19H30N2O2/c1-22-18-8-4-15(5-9-18)12-19-14-21(10-11-23-19)13-16-2-6-17(20)7-3-16/h4-5,8-9,16-17,19H,2-3,6-7,10-14,20H2,1H3/t16?,17?,19-/m1/s1. The Morgan fingerprint density at radius 1 is 1.17 bits per heavy atom. The van der Waals surface area contributed by atoms with Crippen molar-refractivity contribution in [1.82, 2.24) is 4.90 Å². The van der Waals surface area contributed by atoms with Crippen molar-refractivity contribution in [3.8, 4) is 5.75 Å².